The van der Waals surface area contributed by atoms with Gasteiger partial charge in [0, 0.05) is 12.1 Å². The predicted molar refractivity (Wildman–Crippen MR) is 110 cm³/mol. The van der Waals surface area contributed by atoms with Crippen LogP contribution in [0, 0.1) is 0 Å². The second-order valence-electron chi connectivity index (χ2n) is 6.61. The minimum atomic E-state index is -0.819. The first-order chi connectivity index (χ1) is 13.7. The van der Waals surface area contributed by atoms with Crippen molar-refractivity contribution in [1.82, 2.24) is 0 Å². The maximum atomic E-state index is 12.5. The van der Waals surface area contributed by atoms with E-state index in [1.807, 2.05) is 78.9 Å². The average molecular weight is 369 g/mol. The van der Waals surface area contributed by atoms with Gasteiger partial charge in [-0.3, -0.25) is 4.79 Å². The number of anilines is 1. The van der Waals surface area contributed by atoms with Crippen LogP contribution < -0.4 is 5.32 Å². The molecule has 1 atom stereocenters. The van der Waals surface area contributed by atoms with Crippen molar-refractivity contribution in [2.24, 2.45) is 0 Å². The van der Waals surface area contributed by atoms with Gasteiger partial charge in [-0.1, -0.05) is 72.8 Å². The largest absolute Gasteiger partial charge is 0.448 e. The molecule has 4 heteroatoms. The Morgan fingerprint density at radius 2 is 1.50 bits per heavy atom. The van der Waals surface area contributed by atoms with Gasteiger partial charge in [0.05, 0.1) is 5.56 Å². The van der Waals surface area contributed by atoms with Gasteiger partial charge in [0.25, 0.3) is 5.91 Å². The fourth-order valence-electron chi connectivity index (χ4n) is 3.13. The first kappa shape index (κ1) is 17.7. The Bertz CT molecular complexity index is 1020. The van der Waals surface area contributed by atoms with Crippen molar-refractivity contribution in [2.75, 3.05) is 5.32 Å². The summed E-state index contributed by atoms with van der Waals surface area (Å²) >= 11 is 0. The topological polar surface area (TPSA) is 55.4 Å². The molecule has 0 aliphatic carbocycles. The fourth-order valence-corrected chi connectivity index (χ4v) is 3.13. The smallest absolute Gasteiger partial charge is 0.339 e. The van der Waals surface area contributed by atoms with Gasteiger partial charge in [-0.2, -0.15) is 0 Å². The molecule has 1 heterocycles. The van der Waals surface area contributed by atoms with Crippen molar-refractivity contribution in [3.05, 3.63) is 101 Å². The zero-order chi connectivity index (χ0) is 19.3. The summed E-state index contributed by atoms with van der Waals surface area (Å²) in [5.74, 6) is -0.779. The van der Waals surface area contributed by atoms with Crippen LogP contribution in [-0.2, 0) is 16.0 Å². The first-order valence-corrected chi connectivity index (χ1v) is 9.12. The van der Waals surface area contributed by atoms with Gasteiger partial charge in [-0.15, -0.1) is 0 Å². The number of cyclic esters (lactones) is 1. The van der Waals surface area contributed by atoms with Crippen molar-refractivity contribution >= 4 is 29.7 Å². The van der Waals surface area contributed by atoms with E-state index in [0.29, 0.717) is 17.7 Å². The fraction of sp³-hybridized carbons (Fsp3) is 0.0833. The van der Waals surface area contributed by atoms with Gasteiger partial charge in [0.15, 0.2) is 6.10 Å². The Morgan fingerprint density at radius 1 is 0.857 bits per heavy atom. The molecule has 0 spiro atoms. The van der Waals surface area contributed by atoms with Crippen molar-refractivity contribution in [3.63, 3.8) is 0 Å². The normalized spacial score (nSPS) is 15.7. The summed E-state index contributed by atoms with van der Waals surface area (Å²) in [5, 5.41) is 2.82. The summed E-state index contributed by atoms with van der Waals surface area (Å²) in [4.78, 5) is 24.6. The lowest BCUT2D eigenvalue weighted by molar-refractivity contribution is -0.125. The van der Waals surface area contributed by atoms with E-state index in [9.17, 15) is 9.59 Å². The third-order valence-electron chi connectivity index (χ3n) is 4.63. The molecule has 0 saturated heterocycles. The lowest BCUT2D eigenvalue weighted by atomic mass is 9.98. The third-order valence-corrected chi connectivity index (χ3v) is 4.63. The molecule has 4 nitrogen and oxygen atoms in total. The molecule has 0 radical (unpaired) electrons. The summed E-state index contributed by atoms with van der Waals surface area (Å²) in [7, 11) is 0. The molecule has 0 aromatic heterocycles. The highest BCUT2D eigenvalue weighted by atomic mass is 16.5. The number of ether oxygens (including phenoxy) is 1. The molecule has 3 aromatic rings. The zero-order valence-corrected chi connectivity index (χ0v) is 15.2. The minimum absolute atomic E-state index is 0.324. The van der Waals surface area contributed by atoms with Crippen LogP contribution in [0.3, 0.4) is 0 Å². The van der Waals surface area contributed by atoms with Crippen LogP contribution in [0.5, 0.6) is 0 Å². The quantitative estimate of drug-likeness (QED) is 0.541. The van der Waals surface area contributed by atoms with Crippen molar-refractivity contribution in [2.45, 2.75) is 12.5 Å². The number of benzene rings is 3. The minimum Gasteiger partial charge on any atom is -0.448 e. The van der Waals surface area contributed by atoms with Gasteiger partial charge in [-0.05, 0) is 34.9 Å². The Labute approximate surface area is 163 Å². The number of carbonyl (C=O) groups is 2. The Kier molecular flexibility index (Phi) is 5.02. The molecule has 4 rings (SSSR count). The van der Waals surface area contributed by atoms with Crippen molar-refractivity contribution in [1.29, 1.82) is 0 Å². The molecule has 1 N–H and O–H groups in total. The highest BCUT2D eigenvalue weighted by molar-refractivity contribution is 6.00. The van der Waals surface area contributed by atoms with E-state index >= 15 is 0 Å². The highest BCUT2D eigenvalue weighted by Crippen LogP contribution is 2.22. The number of hydrogen-bond acceptors (Lipinski definition) is 3. The molecule has 0 bridgehead atoms. The molecule has 1 aliphatic heterocycles. The molecule has 138 valence electrons. The van der Waals surface area contributed by atoms with Gasteiger partial charge in [-0.25, -0.2) is 4.79 Å². The Balaban J connectivity index is 1.40. The second kappa shape index (κ2) is 7.92. The lowest BCUT2D eigenvalue weighted by Crippen LogP contribution is -2.37. The lowest BCUT2D eigenvalue weighted by Gasteiger charge is -2.23. The van der Waals surface area contributed by atoms with Crippen molar-refractivity contribution < 1.29 is 14.3 Å². The summed E-state index contributed by atoms with van der Waals surface area (Å²) in [6, 6.07) is 24.8. The van der Waals surface area contributed by atoms with Crippen LogP contribution in [0.25, 0.3) is 12.2 Å². The average Bonchev–Trinajstić information content (AvgIpc) is 2.74. The summed E-state index contributed by atoms with van der Waals surface area (Å²) < 4.78 is 5.30. The van der Waals surface area contributed by atoms with Gasteiger partial charge in [0.1, 0.15) is 0 Å². The van der Waals surface area contributed by atoms with E-state index in [1.54, 1.807) is 12.1 Å². The number of amides is 1. The van der Waals surface area contributed by atoms with E-state index in [0.717, 1.165) is 16.7 Å². The monoisotopic (exact) mass is 369 g/mol. The zero-order valence-electron chi connectivity index (χ0n) is 15.2. The van der Waals surface area contributed by atoms with Crippen LogP contribution in [0.15, 0.2) is 78.9 Å². The maximum Gasteiger partial charge on any atom is 0.339 e. The SMILES string of the molecule is O=C1OC(C(=O)Nc2ccc(C=Cc3ccccc3)cc2)Cc2ccccc21. The first-order valence-electron chi connectivity index (χ1n) is 9.12. The number of fused-ring (bicyclic) bond motifs is 1. The number of carbonyl (C=O) groups excluding carboxylic acids is 2. The predicted octanol–water partition coefficient (Wildman–Crippen LogP) is 4.58. The molecule has 0 saturated carbocycles. The van der Waals surface area contributed by atoms with Crippen LogP contribution in [0.4, 0.5) is 5.69 Å². The number of nitrogens with one attached hydrogen (secondary N) is 1. The van der Waals surface area contributed by atoms with Gasteiger partial charge in [0.2, 0.25) is 0 Å². The summed E-state index contributed by atoms with van der Waals surface area (Å²) in [6.07, 6.45) is 3.61. The molecule has 0 fully saturated rings. The number of esters is 1. The molecule has 3 aromatic carbocycles. The van der Waals surface area contributed by atoms with Crippen LogP contribution in [-0.4, -0.2) is 18.0 Å². The van der Waals surface area contributed by atoms with E-state index in [2.05, 4.69) is 5.32 Å². The molecule has 1 amide bonds. The Hall–Kier alpha value is -3.66. The third kappa shape index (κ3) is 4.01. The van der Waals surface area contributed by atoms with Crippen LogP contribution in [0.1, 0.15) is 27.0 Å². The summed E-state index contributed by atoms with van der Waals surface area (Å²) in [6.45, 7) is 0. The van der Waals surface area contributed by atoms with E-state index in [1.165, 1.54) is 0 Å². The van der Waals surface area contributed by atoms with Crippen molar-refractivity contribution in [3.8, 4) is 0 Å². The van der Waals surface area contributed by atoms with E-state index < -0.39 is 12.1 Å². The Morgan fingerprint density at radius 3 is 2.25 bits per heavy atom. The highest BCUT2D eigenvalue weighted by Gasteiger charge is 2.30. The van der Waals surface area contributed by atoms with Crippen LogP contribution in [0.2, 0.25) is 0 Å². The molecular formula is C24H19NO3. The summed E-state index contributed by atoms with van der Waals surface area (Å²) in [5.41, 5.74) is 4.18. The van der Waals surface area contributed by atoms with Gasteiger partial charge >= 0.3 is 5.97 Å². The maximum absolute atomic E-state index is 12.5. The molecule has 1 aliphatic rings. The molecule has 28 heavy (non-hydrogen) atoms. The van der Waals surface area contributed by atoms with Gasteiger partial charge < -0.3 is 10.1 Å². The standard InChI is InChI=1S/C24H19NO3/c26-23(22-16-19-8-4-5-9-21(19)24(27)28-22)25-20-14-12-18(13-15-20)11-10-17-6-2-1-3-7-17/h1-15,22H,16H2,(H,25,26). The number of hydrogen-bond donors (Lipinski definition) is 1. The second-order valence-corrected chi connectivity index (χ2v) is 6.61. The molecular weight excluding hydrogens is 350 g/mol. The molecule has 1 unspecified atom stereocenters. The number of rotatable bonds is 4. The van der Waals surface area contributed by atoms with Crippen LogP contribution >= 0.6 is 0 Å². The van der Waals surface area contributed by atoms with E-state index in [4.69, 9.17) is 4.74 Å². The van der Waals surface area contributed by atoms with E-state index in [-0.39, 0.29) is 5.91 Å².